The van der Waals surface area contributed by atoms with Gasteiger partial charge in [-0.25, -0.2) is 9.79 Å². The molecule has 1 saturated carbocycles. The SMILES string of the molecule is N#CCC1CCCC(CN=C=O)C1. The minimum absolute atomic E-state index is 0.508. The van der Waals surface area contributed by atoms with E-state index in [-0.39, 0.29) is 0 Å². The number of aliphatic imine (C=N–C) groups is 1. The second-order valence-corrected chi connectivity index (χ2v) is 3.69. The molecule has 13 heavy (non-hydrogen) atoms. The van der Waals surface area contributed by atoms with Crippen LogP contribution in [0.25, 0.3) is 0 Å². The predicted octanol–water partition coefficient (Wildman–Crippen LogP) is 2.04. The lowest BCUT2D eigenvalue weighted by molar-refractivity contribution is 0.275. The first-order valence-corrected chi connectivity index (χ1v) is 4.77. The zero-order valence-corrected chi connectivity index (χ0v) is 7.70. The lowest BCUT2D eigenvalue weighted by Crippen LogP contribution is -2.17. The van der Waals surface area contributed by atoms with Crippen LogP contribution in [0.5, 0.6) is 0 Å². The summed E-state index contributed by atoms with van der Waals surface area (Å²) in [5.41, 5.74) is 0. The molecule has 0 aliphatic heterocycles. The molecule has 0 aromatic heterocycles. The molecule has 0 aromatic rings. The molecule has 3 heteroatoms. The van der Waals surface area contributed by atoms with Crippen molar-refractivity contribution in [3.63, 3.8) is 0 Å². The summed E-state index contributed by atoms with van der Waals surface area (Å²) < 4.78 is 0. The van der Waals surface area contributed by atoms with E-state index in [1.165, 1.54) is 6.42 Å². The third-order valence-corrected chi connectivity index (χ3v) is 2.69. The summed E-state index contributed by atoms with van der Waals surface area (Å²) in [4.78, 5) is 13.5. The highest BCUT2D eigenvalue weighted by molar-refractivity contribution is 5.32. The summed E-state index contributed by atoms with van der Waals surface area (Å²) in [5.74, 6) is 1.04. The number of nitrogens with zero attached hydrogens (tertiary/aromatic N) is 2. The van der Waals surface area contributed by atoms with Crippen molar-refractivity contribution in [2.45, 2.75) is 32.1 Å². The fourth-order valence-corrected chi connectivity index (χ4v) is 2.05. The molecule has 0 amide bonds. The molecule has 0 saturated heterocycles. The van der Waals surface area contributed by atoms with E-state index >= 15 is 0 Å². The fourth-order valence-electron chi connectivity index (χ4n) is 2.05. The number of isocyanates is 1. The number of rotatable bonds is 3. The molecule has 70 valence electrons. The predicted molar refractivity (Wildman–Crippen MR) is 48.7 cm³/mol. The Morgan fingerprint density at radius 3 is 2.85 bits per heavy atom. The summed E-state index contributed by atoms with van der Waals surface area (Å²) in [6, 6.07) is 2.21. The van der Waals surface area contributed by atoms with Gasteiger partial charge in [-0.15, -0.1) is 0 Å². The number of nitriles is 1. The van der Waals surface area contributed by atoms with E-state index in [1.807, 2.05) is 0 Å². The Bertz CT molecular complexity index is 238. The molecule has 1 rings (SSSR count). The van der Waals surface area contributed by atoms with Crippen LogP contribution >= 0.6 is 0 Å². The third kappa shape index (κ3) is 3.40. The summed E-state index contributed by atoms with van der Waals surface area (Å²) in [6.07, 6.45) is 6.76. The van der Waals surface area contributed by atoms with Gasteiger partial charge in [0.1, 0.15) is 0 Å². The molecule has 2 unspecified atom stereocenters. The largest absolute Gasteiger partial charge is 0.234 e. The van der Waals surface area contributed by atoms with Gasteiger partial charge >= 0.3 is 0 Å². The van der Waals surface area contributed by atoms with Crippen molar-refractivity contribution in [2.75, 3.05) is 6.54 Å². The van der Waals surface area contributed by atoms with E-state index in [4.69, 9.17) is 5.26 Å². The maximum Gasteiger partial charge on any atom is 0.234 e. The summed E-state index contributed by atoms with van der Waals surface area (Å²) in [5, 5.41) is 8.55. The second kappa shape index (κ2) is 5.50. The average Bonchev–Trinajstić information content (AvgIpc) is 2.16. The van der Waals surface area contributed by atoms with E-state index < -0.39 is 0 Å². The van der Waals surface area contributed by atoms with Crippen LogP contribution in [0.1, 0.15) is 32.1 Å². The first-order chi connectivity index (χ1) is 6.36. The lowest BCUT2D eigenvalue weighted by Gasteiger charge is -2.25. The van der Waals surface area contributed by atoms with Gasteiger partial charge < -0.3 is 0 Å². The van der Waals surface area contributed by atoms with Crippen LogP contribution in [0.4, 0.5) is 0 Å². The smallest absolute Gasteiger partial charge is 0.211 e. The lowest BCUT2D eigenvalue weighted by atomic mass is 9.80. The normalized spacial score (nSPS) is 27.3. The topological polar surface area (TPSA) is 53.2 Å². The van der Waals surface area contributed by atoms with Gasteiger partial charge in [-0.3, -0.25) is 0 Å². The number of hydrogen-bond donors (Lipinski definition) is 0. The molecule has 0 bridgehead atoms. The van der Waals surface area contributed by atoms with Gasteiger partial charge in [-0.2, -0.15) is 5.26 Å². The Kier molecular flexibility index (Phi) is 4.21. The molecule has 0 heterocycles. The molecule has 2 atom stereocenters. The summed E-state index contributed by atoms with van der Waals surface area (Å²) in [6.45, 7) is 0.603. The molecule has 1 aliphatic carbocycles. The molecular formula is C10H14N2O. The van der Waals surface area contributed by atoms with Gasteiger partial charge in [0.2, 0.25) is 6.08 Å². The van der Waals surface area contributed by atoms with E-state index in [9.17, 15) is 4.79 Å². The van der Waals surface area contributed by atoms with Crippen molar-refractivity contribution < 1.29 is 4.79 Å². The first kappa shape index (κ1) is 9.95. The Morgan fingerprint density at radius 2 is 2.15 bits per heavy atom. The van der Waals surface area contributed by atoms with Crippen LogP contribution in [0, 0.1) is 23.2 Å². The monoisotopic (exact) mass is 178 g/mol. The van der Waals surface area contributed by atoms with Crippen LogP contribution in [-0.2, 0) is 4.79 Å². The van der Waals surface area contributed by atoms with E-state index in [1.54, 1.807) is 6.08 Å². The van der Waals surface area contributed by atoms with Crippen LogP contribution in [0.15, 0.2) is 4.99 Å². The van der Waals surface area contributed by atoms with Gasteiger partial charge in [0.25, 0.3) is 0 Å². The molecule has 0 N–H and O–H groups in total. The van der Waals surface area contributed by atoms with E-state index in [2.05, 4.69) is 11.1 Å². The average molecular weight is 178 g/mol. The Morgan fingerprint density at radius 1 is 1.38 bits per heavy atom. The van der Waals surface area contributed by atoms with Crippen molar-refractivity contribution in [1.29, 1.82) is 5.26 Å². The minimum atomic E-state index is 0.508. The fraction of sp³-hybridized carbons (Fsp3) is 0.800. The zero-order chi connectivity index (χ0) is 9.52. The zero-order valence-electron chi connectivity index (χ0n) is 7.70. The highest BCUT2D eigenvalue weighted by Crippen LogP contribution is 2.30. The van der Waals surface area contributed by atoms with Gasteiger partial charge in [-0.1, -0.05) is 6.42 Å². The molecule has 0 aromatic carbocycles. The van der Waals surface area contributed by atoms with Crippen molar-refractivity contribution in [3.05, 3.63) is 0 Å². The molecule has 1 fully saturated rings. The minimum Gasteiger partial charge on any atom is -0.211 e. The van der Waals surface area contributed by atoms with E-state index in [0.29, 0.717) is 24.8 Å². The molecule has 3 nitrogen and oxygen atoms in total. The Balaban J connectivity index is 2.33. The number of hydrogen-bond acceptors (Lipinski definition) is 3. The highest BCUT2D eigenvalue weighted by atomic mass is 16.1. The standard InChI is InChI=1S/C10H14N2O/c11-5-4-9-2-1-3-10(6-9)7-12-8-13/h9-10H,1-4,6-7H2. The molecular weight excluding hydrogens is 164 g/mol. The Hall–Kier alpha value is -1.13. The van der Waals surface area contributed by atoms with Crippen LogP contribution in [-0.4, -0.2) is 12.6 Å². The van der Waals surface area contributed by atoms with Crippen molar-refractivity contribution in [2.24, 2.45) is 16.8 Å². The molecule has 0 spiro atoms. The molecule has 0 radical (unpaired) electrons. The van der Waals surface area contributed by atoms with Crippen LogP contribution in [0.2, 0.25) is 0 Å². The second-order valence-electron chi connectivity index (χ2n) is 3.69. The summed E-state index contributed by atoms with van der Waals surface area (Å²) >= 11 is 0. The van der Waals surface area contributed by atoms with Crippen LogP contribution < -0.4 is 0 Å². The first-order valence-electron chi connectivity index (χ1n) is 4.77. The number of carbonyl (C=O) groups excluding carboxylic acids is 1. The van der Waals surface area contributed by atoms with Crippen LogP contribution in [0.3, 0.4) is 0 Å². The quantitative estimate of drug-likeness (QED) is 0.490. The Labute approximate surface area is 78.5 Å². The van der Waals surface area contributed by atoms with Crippen molar-refractivity contribution >= 4 is 6.08 Å². The maximum absolute atomic E-state index is 9.91. The highest BCUT2D eigenvalue weighted by Gasteiger charge is 2.21. The third-order valence-electron chi connectivity index (χ3n) is 2.69. The van der Waals surface area contributed by atoms with Gasteiger partial charge in [0.15, 0.2) is 0 Å². The molecule has 1 aliphatic rings. The summed E-state index contributed by atoms with van der Waals surface area (Å²) in [7, 11) is 0. The van der Waals surface area contributed by atoms with E-state index in [0.717, 1.165) is 19.3 Å². The van der Waals surface area contributed by atoms with Crippen molar-refractivity contribution in [1.82, 2.24) is 0 Å². The van der Waals surface area contributed by atoms with Gasteiger partial charge in [0.05, 0.1) is 12.6 Å². The van der Waals surface area contributed by atoms with Crippen molar-refractivity contribution in [3.8, 4) is 6.07 Å². The van der Waals surface area contributed by atoms with Gasteiger partial charge in [-0.05, 0) is 31.1 Å². The maximum atomic E-state index is 9.91. The van der Waals surface area contributed by atoms with Gasteiger partial charge in [0, 0.05) is 6.42 Å².